The Morgan fingerprint density at radius 2 is 1.94 bits per heavy atom. The van der Waals surface area contributed by atoms with Crippen molar-refractivity contribution in [2.75, 3.05) is 0 Å². The van der Waals surface area contributed by atoms with Gasteiger partial charge in [0.15, 0.2) is 0 Å². The monoisotopic (exact) mass is 267 g/mol. The number of nitrogens with zero attached hydrogens (tertiary/aromatic N) is 2. The highest BCUT2D eigenvalue weighted by atomic mass is 32.1. The van der Waals surface area contributed by atoms with Crippen LogP contribution in [0.5, 0.6) is 0 Å². The van der Waals surface area contributed by atoms with Gasteiger partial charge in [-0.1, -0.05) is 44.9 Å². The van der Waals surface area contributed by atoms with Gasteiger partial charge in [-0.3, -0.25) is 0 Å². The zero-order chi connectivity index (χ0) is 13.2. The number of hydrogen-bond donors (Lipinski definition) is 1. The van der Waals surface area contributed by atoms with E-state index in [2.05, 4.69) is 31.0 Å². The van der Waals surface area contributed by atoms with Gasteiger partial charge in [-0.15, -0.1) is 10.2 Å². The fourth-order valence-electron chi connectivity index (χ4n) is 3.11. The van der Waals surface area contributed by atoms with E-state index in [1.807, 2.05) is 0 Å². The highest BCUT2D eigenvalue weighted by molar-refractivity contribution is 7.11. The van der Waals surface area contributed by atoms with E-state index in [9.17, 15) is 0 Å². The number of nitrogens with two attached hydrogens (primary N) is 1. The second-order valence-corrected chi connectivity index (χ2v) is 7.05. The summed E-state index contributed by atoms with van der Waals surface area (Å²) in [6.07, 6.45) is 7.40. The first kappa shape index (κ1) is 13.9. The molecule has 102 valence electrons. The topological polar surface area (TPSA) is 51.8 Å². The Kier molecular flexibility index (Phi) is 4.38. The molecule has 2 rings (SSSR count). The van der Waals surface area contributed by atoms with Crippen molar-refractivity contribution in [2.45, 2.75) is 70.8 Å². The fourth-order valence-corrected chi connectivity index (χ4v) is 4.30. The summed E-state index contributed by atoms with van der Waals surface area (Å²) in [4.78, 5) is 0. The van der Waals surface area contributed by atoms with E-state index in [4.69, 9.17) is 5.73 Å². The van der Waals surface area contributed by atoms with Crippen LogP contribution in [0.25, 0.3) is 0 Å². The summed E-state index contributed by atoms with van der Waals surface area (Å²) < 4.78 is 0. The van der Waals surface area contributed by atoms with Crippen LogP contribution in [0.15, 0.2) is 0 Å². The van der Waals surface area contributed by atoms with Crippen molar-refractivity contribution < 1.29 is 0 Å². The van der Waals surface area contributed by atoms with Crippen LogP contribution in [0, 0.1) is 5.92 Å². The van der Waals surface area contributed by atoms with E-state index in [0.717, 1.165) is 17.3 Å². The lowest BCUT2D eigenvalue weighted by molar-refractivity contribution is 0.343. The first-order valence-corrected chi connectivity index (χ1v) is 7.98. The van der Waals surface area contributed by atoms with Gasteiger partial charge >= 0.3 is 0 Å². The minimum Gasteiger partial charge on any atom is -0.322 e. The van der Waals surface area contributed by atoms with Crippen molar-refractivity contribution in [2.24, 2.45) is 11.7 Å². The molecule has 2 N–H and O–H groups in total. The lowest BCUT2D eigenvalue weighted by Crippen LogP contribution is -2.24. The smallest absolute Gasteiger partial charge is 0.134 e. The third-order valence-corrected chi connectivity index (χ3v) is 5.31. The van der Waals surface area contributed by atoms with E-state index >= 15 is 0 Å². The Morgan fingerprint density at radius 3 is 2.50 bits per heavy atom. The van der Waals surface area contributed by atoms with Gasteiger partial charge in [0.25, 0.3) is 0 Å². The quantitative estimate of drug-likeness (QED) is 0.882. The standard InChI is InChI=1S/C14H25N3S/c1-4-11(15)12-16-17-13(18-12)14(9-10(2)3)7-5-6-8-14/h10-11H,4-9,15H2,1-3H3. The van der Waals surface area contributed by atoms with Gasteiger partial charge in [-0.2, -0.15) is 0 Å². The van der Waals surface area contributed by atoms with Crippen molar-refractivity contribution in [1.29, 1.82) is 0 Å². The maximum absolute atomic E-state index is 6.06. The molecule has 1 unspecified atom stereocenters. The van der Waals surface area contributed by atoms with Crippen LogP contribution in [-0.2, 0) is 5.41 Å². The summed E-state index contributed by atoms with van der Waals surface area (Å²) in [6, 6.07) is 0.0637. The van der Waals surface area contributed by atoms with Gasteiger partial charge < -0.3 is 5.73 Å². The van der Waals surface area contributed by atoms with E-state index in [1.54, 1.807) is 11.3 Å². The molecule has 1 fully saturated rings. The van der Waals surface area contributed by atoms with Gasteiger partial charge in [-0.05, 0) is 31.6 Å². The highest BCUT2D eigenvalue weighted by Gasteiger charge is 2.39. The number of hydrogen-bond acceptors (Lipinski definition) is 4. The molecule has 1 heterocycles. The van der Waals surface area contributed by atoms with Gasteiger partial charge in [-0.25, -0.2) is 0 Å². The molecule has 1 atom stereocenters. The lowest BCUT2D eigenvalue weighted by Gasteiger charge is -2.28. The predicted octanol–water partition coefficient (Wildman–Crippen LogP) is 3.81. The Labute approximate surface area is 114 Å². The molecule has 1 saturated carbocycles. The van der Waals surface area contributed by atoms with Crippen LogP contribution in [0.3, 0.4) is 0 Å². The Morgan fingerprint density at radius 1 is 1.28 bits per heavy atom. The van der Waals surface area contributed by atoms with Gasteiger partial charge in [0, 0.05) is 5.41 Å². The summed E-state index contributed by atoms with van der Waals surface area (Å²) in [5.74, 6) is 0.718. The fraction of sp³-hybridized carbons (Fsp3) is 0.857. The van der Waals surface area contributed by atoms with Crippen LogP contribution in [-0.4, -0.2) is 10.2 Å². The van der Waals surface area contributed by atoms with Gasteiger partial charge in [0.2, 0.25) is 0 Å². The molecule has 1 aliphatic carbocycles. The predicted molar refractivity (Wildman–Crippen MR) is 76.7 cm³/mol. The first-order chi connectivity index (χ1) is 8.57. The zero-order valence-electron chi connectivity index (χ0n) is 11.8. The molecule has 0 aliphatic heterocycles. The van der Waals surface area contributed by atoms with Crippen LogP contribution in [0.1, 0.15) is 75.4 Å². The molecule has 3 nitrogen and oxygen atoms in total. The van der Waals surface area contributed by atoms with Crippen LogP contribution in [0.4, 0.5) is 0 Å². The van der Waals surface area contributed by atoms with Crippen molar-refractivity contribution in [3.8, 4) is 0 Å². The van der Waals surface area contributed by atoms with Crippen LogP contribution >= 0.6 is 11.3 Å². The summed E-state index contributed by atoms with van der Waals surface area (Å²) in [5, 5.41) is 11.1. The molecule has 1 aromatic heterocycles. The molecular weight excluding hydrogens is 242 g/mol. The van der Waals surface area contributed by atoms with Crippen molar-refractivity contribution >= 4 is 11.3 Å². The molecule has 18 heavy (non-hydrogen) atoms. The minimum atomic E-state index is 0.0637. The summed E-state index contributed by atoms with van der Waals surface area (Å²) in [7, 11) is 0. The normalized spacial score (nSPS) is 20.5. The van der Waals surface area contributed by atoms with Gasteiger partial charge in [0.1, 0.15) is 10.0 Å². The Hall–Kier alpha value is -0.480. The zero-order valence-corrected chi connectivity index (χ0v) is 12.6. The van der Waals surface area contributed by atoms with Gasteiger partial charge in [0.05, 0.1) is 6.04 Å². The maximum Gasteiger partial charge on any atom is 0.134 e. The molecule has 0 bridgehead atoms. The molecular formula is C14H25N3S. The highest BCUT2D eigenvalue weighted by Crippen LogP contribution is 2.46. The molecule has 1 aliphatic rings. The van der Waals surface area contributed by atoms with E-state index in [-0.39, 0.29) is 6.04 Å². The third kappa shape index (κ3) is 2.75. The second kappa shape index (κ2) is 5.66. The average Bonchev–Trinajstić information content (AvgIpc) is 2.96. The van der Waals surface area contributed by atoms with Crippen LogP contribution in [0.2, 0.25) is 0 Å². The Balaban J connectivity index is 2.23. The molecule has 4 heteroatoms. The Bertz CT molecular complexity index is 380. The number of rotatable bonds is 5. The summed E-state index contributed by atoms with van der Waals surface area (Å²) in [5.41, 5.74) is 6.36. The third-order valence-electron chi connectivity index (χ3n) is 4.01. The molecule has 0 amide bonds. The SMILES string of the molecule is CCC(N)c1nnc(C2(CC(C)C)CCCC2)s1. The van der Waals surface area contributed by atoms with Crippen molar-refractivity contribution in [3.05, 3.63) is 10.0 Å². The molecule has 0 saturated heterocycles. The maximum atomic E-state index is 6.06. The van der Waals surface area contributed by atoms with Crippen molar-refractivity contribution in [3.63, 3.8) is 0 Å². The largest absolute Gasteiger partial charge is 0.322 e. The average molecular weight is 267 g/mol. The summed E-state index contributed by atoms with van der Waals surface area (Å²) >= 11 is 1.76. The number of aromatic nitrogens is 2. The van der Waals surface area contributed by atoms with E-state index in [1.165, 1.54) is 37.1 Å². The van der Waals surface area contributed by atoms with Crippen molar-refractivity contribution in [1.82, 2.24) is 10.2 Å². The molecule has 0 spiro atoms. The summed E-state index contributed by atoms with van der Waals surface area (Å²) in [6.45, 7) is 6.71. The van der Waals surface area contributed by atoms with E-state index in [0.29, 0.717) is 5.41 Å². The second-order valence-electron chi connectivity index (χ2n) is 6.05. The molecule has 1 aromatic rings. The minimum absolute atomic E-state index is 0.0637. The van der Waals surface area contributed by atoms with E-state index < -0.39 is 0 Å². The molecule has 0 radical (unpaired) electrons. The lowest BCUT2D eigenvalue weighted by atomic mass is 9.79. The molecule has 0 aromatic carbocycles. The van der Waals surface area contributed by atoms with Crippen LogP contribution < -0.4 is 5.73 Å². The first-order valence-electron chi connectivity index (χ1n) is 7.17.